The normalized spacial score (nSPS) is 17.5. The molecule has 1 nitrogen and oxygen atoms in total. The van der Waals surface area contributed by atoms with Crippen molar-refractivity contribution in [3.63, 3.8) is 0 Å². The Kier molecular flexibility index (Phi) is 3.68. The summed E-state index contributed by atoms with van der Waals surface area (Å²) >= 11 is 3.76. The van der Waals surface area contributed by atoms with Crippen LogP contribution in [0.15, 0.2) is 24.3 Å². The highest BCUT2D eigenvalue weighted by molar-refractivity contribution is 9.09. The number of ether oxygens (including phenoxy) is 1. The first kappa shape index (κ1) is 11.0. The van der Waals surface area contributed by atoms with Gasteiger partial charge in [0.2, 0.25) is 0 Å². The Morgan fingerprint density at radius 2 is 2.00 bits per heavy atom. The van der Waals surface area contributed by atoms with Crippen LogP contribution < -0.4 is 4.74 Å². The Morgan fingerprint density at radius 3 is 2.53 bits per heavy atom. The smallest absolute Gasteiger partial charge is 0.118 e. The van der Waals surface area contributed by atoms with E-state index in [4.69, 9.17) is 4.74 Å². The first-order valence-corrected chi connectivity index (χ1v) is 6.46. The highest BCUT2D eigenvalue weighted by atomic mass is 79.9. The van der Waals surface area contributed by atoms with Crippen LogP contribution in [0.5, 0.6) is 5.75 Å². The van der Waals surface area contributed by atoms with Crippen molar-refractivity contribution in [2.24, 2.45) is 5.92 Å². The number of halogens is 1. The predicted octanol–water partition coefficient (Wildman–Crippen LogP) is 3.80. The van der Waals surface area contributed by atoms with E-state index < -0.39 is 0 Å². The number of rotatable bonds is 5. The van der Waals surface area contributed by atoms with Crippen molar-refractivity contribution in [2.45, 2.75) is 30.5 Å². The van der Waals surface area contributed by atoms with E-state index in [1.807, 2.05) is 12.1 Å². The van der Waals surface area contributed by atoms with Gasteiger partial charge in [-0.25, -0.2) is 0 Å². The van der Waals surface area contributed by atoms with Gasteiger partial charge in [0, 0.05) is 4.83 Å². The maximum Gasteiger partial charge on any atom is 0.118 e. The Bertz CT molecular complexity index is 303. The van der Waals surface area contributed by atoms with Crippen LogP contribution in [0.25, 0.3) is 0 Å². The molecule has 0 bridgehead atoms. The van der Waals surface area contributed by atoms with Crippen LogP contribution in [0, 0.1) is 5.92 Å². The van der Waals surface area contributed by atoms with Crippen LogP contribution in [0.4, 0.5) is 0 Å². The SMILES string of the molecule is COc1ccc(CC(Br)CC2CC2)cc1. The molecule has 1 saturated carbocycles. The van der Waals surface area contributed by atoms with E-state index >= 15 is 0 Å². The number of hydrogen-bond donors (Lipinski definition) is 0. The van der Waals surface area contributed by atoms with Gasteiger partial charge in [0.25, 0.3) is 0 Å². The van der Waals surface area contributed by atoms with Crippen LogP contribution in [0.1, 0.15) is 24.8 Å². The third kappa shape index (κ3) is 3.53. The summed E-state index contributed by atoms with van der Waals surface area (Å²) in [6.45, 7) is 0. The van der Waals surface area contributed by atoms with Crippen molar-refractivity contribution in [3.8, 4) is 5.75 Å². The largest absolute Gasteiger partial charge is 0.497 e. The maximum atomic E-state index is 5.14. The van der Waals surface area contributed by atoms with Gasteiger partial charge in [0.05, 0.1) is 7.11 Å². The van der Waals surface area contributed by atoms with Gasteiger partial charge in [-0.05, 0) is 36.5 Å². The molecule has 2 rings (SSSR count). The molecular weight excluding hydrogens is 252 g/mol. The van der Waals surface area contributed by atoms with E-state index in [2.05, 4.69) is 28.1 Å². The van der Waals surface area contributed by atoms with Crippen molar-refractivity contribution >= 4 is 15.9 Å². The molecule has 0 heterocycles. The molecular formula is C13H17BrO. The molecule has 1 aromatic carbocycles. The zero-order chi connectivity index (χ0) is 10.7. The quantitative estimate of drug-likeness (QED) is 0.739. The summed E-state index contributed by atoms with van der Waals surface area (Å²) in [6, 6.07) is 8.37. The van der Waals surface area contributed by atoms with E-state index in [9.17, 15) is 0 Å². The fourth-order valence-corrected chi connectivity index (χ4v) is 2.72. The van der Waals surface area contributed by atoms with Gasteiger partial charge >= 0.3 is 0 Å². The molecule has 0 spiro atoms. The minimum atomic E-state index is 0.637. The second-order valence-electron chi connectivity index (χ2n) is 4.33. The summed E-state index contributed by atoms with van der Waals surface area (Å²) in [5, 5.41) is 0. The zero-order valence-corrected chi connectivity index (χ0v) is 10.7. The lowest BCUT2D eigenvalue weighted by Gasteiger charge is -2.09. The minimum absolute atomic E-state index is 0.637. The molecule has 0 aromatic heterocycles. The third-order valence-electron chi connectivity index (χ3n) is 2.90. The van der Waals surface area contributed by atoms with Crippen LogP contribution in [-0.4, -0.2) is 11.9 Å². The number of methoxy groups -OCH3 is 1. The van der Waals surface area contributed by atoms with Gasteiger partial charge in [0.15, 0.2) is 0 Å². The molecule has 1 atom stereocenters. The number of alkyl halides is 1. The van der Waals surface area contributed by atoms with E-state index in [0.29, 0.717) is 4.83 Å². The van der Waals surface area contributed by atoms with Crippen molar-refractivity contribution in [1.29, 1.82) is 0 Å². The second-order valence-corrected chi connectivity index (χ2v) is 5.62. The van der Waals surface area contributed by atoms with E-state index in [-0.39, 0.29) is 0 Å². The summed E-state index contributed by atoms with van der Waals surface area (Å²) < 4.78 is 5.14. The highest BCUT2D eigenvalue weighted by Crippen LogP contribution is 2.36. The van der Waals surface area contributed by atoms with Gasteiger partial charge in [0.1, 0.15) is 5.75 Å². The average molecular weight is 269 g/mol. The number of hydrogen-bond acceptors (Lipinski definition) is 1. The molecule has 1 unspecified atom stereocenters. The lowest BCUT2D eigenvalue weighted by molar-refractivity contribution is 0.414. The fraction of sp³-hybridized carbons (Fsp3) is 0.538. The molecule has 1 aliphatic rings. The predicted molar refractivity (Wildman–Crippen MR) is 66.8 cm³/mol. The molecule has 0 saturated heterocycles. The van der Waals surface area contributed by atoms with Gasteiger partial charge in [-0.15, -0.1) is 0 Å². The monoisotopic (exact) mass is 268 g/mol. The summed E-state index contributed by atoms with van der Waals surface area (Å²) in [4.78, 5) is 0.637. The van der Waals surface area contributed by atoms with Crippen LogP contribution >= 0.6 is 15.9 Å². The second kappa shape index (κ2) is 5.02. The maximum absolute atomic E-state index is 5.14. The van der Waals surface area contributed by atoms with E-state index in [1.54, 1.807) is 7.11 Å². The molecule has 82 valence electrons. The molecule has 0 amide bonds. The van der Waals surface area contributed by atoms with Crippen molar-refractivity contribution in [2.75, 3.05) is 7.11 Å². The minimum Gasteiger partial charge on any atom is -0.497 e. The van der Waals surface area contributed by atoms with Gasteiger partial charge in [-0.2, -0.15) is 0 Å². The summed E-state index contributed by atoms with van der Waals surface area (Å²) in [5.41, 5.74) is 1.39. The first-order valence-electron chi connectivity index (χ1n) is 5.55. The summed E-state index contributed by atoms with van der Waals surface area (Å²) in [5.74, 6) is 1.93. The molecule has 1 aliphatic carbocycles. The Hall–Kier alpha value is -0.500. The molecule has 1 aromatic rings. The average Bonchev–Trinajstić information content (AvgIpc) is 3.03. The standard InChI is InChI=1S/C13H17BrO/c1-15-13-6-4-11(5-7-13)9-12(14)8-10-2-3-10/h4-7,10,12H,2-3,8-9H2,1H3. The van der Waals surface area contributed by atoms with Gasteiger partial charge in [-0.1, -0.05) is 40.9 Å². The zero-order valence-electron chi connectivity index (χ0n) is 9.08. The Labute approximate surface area is 100.0 Å². The molecule has 0 aliphatic heterocycles. The van der Waals surface area contributed by atoms with Crippen molar-refractivity contribution < 1.29 is 4.74 Å². The van der Waals surface area contributed by atoms with E-state index in [0.717, 1.165) is 18.1 Å². The van der Waals surface area contributed by atoms with Gasteiger partial charge in [-0.3, -0.25) is 0 Å². The van der Waals surface area contributed by atoms with Gasteiger partial charge < -0.3 is 4.74 Å². The molecule has 0 N–H and O–H groups in total. The lowest BCUT2D eigenvalue weighted by Crippen LogP contribution is -2.03. The summed E-state index contributed by atoms with van der Waals surface area (Å²) in [6.07, 6.45) is 5.32. The number of benzene rings is 1. The highest BCUT2D eigenvalue weighted by Gasteiger charge is 2.24. The van der Waals surface area contributed by atoms with Crippen molar-refractivity contribution in [1.82, 2.24) is 0 Å². The molecule has 1 fully saturated rings. The Morgan fingerprint density at radius 1 is 1.33 bits per heavy atom. The first-order chi connectivity index (χ1) is 7.28. The Balaban J connectivity index is 1.85. The van der Waals surface area contributed by atoms with E-state index in [1.165, 1.54) is 24.8 Å². The molecule has 15 heavy (non-hydrogen) atoms. The lowest BCUT2D eigenvalue weighted by atomic mass is 10.1. The van der Waals surface area contributed by atoms with Crippen LogP contribution in [0.2, 0.25) is 0 Å². The third-order valence-corrected chi connectivity index (χ3v) is 3.60. The molecule has 0 radical (unpaired) electrons. The fourth-order valence-electron chi connectivity index (χ4n) is 1.82. The van der Waals surface area contributed by atoms with Crippen LogP contribution in [-0.2, 0) is 6.42 Å². The summed E-state index contributed by atoms with van der Waals surface area (Å²) in [7, 11) is 1.70. The molecule has 2 heteroatoms. The van der Waals surface area contributed by atoms with Crippen LogP contribution in [0.3, 0.4) is 0 Å². The van der Waals surface area contributed by atoms with Crippen molar-refractivity contribution in [3.05, 3.63) is 29.8 Å². The topological polar surface area (TPSA) is 9.23 Å².